The first-order valence-electron chi connectivity index (χ1n) is 6.28. The van der Waals surface area contributed by atoms with Crippen molar-refractivity contribution in [1.29, 1.82) is 5.26 Å². The topological polar surface area (TPSA) is 81.2 Å². The van der Waals surface area contributed by atoms with Gasteiger partial charge in [-0.2, -0.15) is 5.26 Å². The molecule has 1 atom stereocenters. The van der Waals surface area contributed by atoms with Crippen LogP contribution >= 0.6 is 23.2 Å². The molecule has 1 unspecified atom stereocenters. The molecule has 7 heteroatoms. The molecular formula is C15H13Cl2N3O2. The Morgan fingerprint density at radius 3 is 2.77 bits per heavy atom. The summed E-state index contributed by atoms with van der Waals surface area (Å²) < 4.78 is 10.4. The summed E-state index contributed by atoms with van der Waals surface area (Å²) in [6, 6.07) is 8.71. The van der Waals surface area contributed by atoms with Gasteiger partial charge in [0.25, 0.3) is 0 Å². The van der Waals surface area contributed by atoms with Gasteiger partial charge in [-0.05, 0) is 24.3 Å². The molecule has 0 spiro atoms. The van der Waals surface area contributed by atoms with Crippen LogP contribution in [0.1, 0.15) is 17.2 Å². The molecule has 0 aliphatic rings. The minimum absolute atomic E-state index is 0.0513. The Hall–Kier alpha value is -2.00. The summed E-state index contributed by atoms with van der Waals surface area (Å²) in [5.74, 6) is -0.258. The number of ether oxygens (including phenoxy) is 2. The molecule has 22 heavy (non-hydrogen) atoms. The molecule has 1 heterocycles. The van der Waals surface area contributed by atoms with Crippen LogP contribution in [0.15, 0.2) is 30.5 Å². The minimum atomic E-state index is -0.737. The highest BCUT2D eigenvalue weighted by Crippen LogP contribution is 2.36. The molecule has 0 fully saturated rings. The monoisotopic (exact) mass is 337 g/mol. The lowest BCUT2D eigenvalue weighted by atomic mass is 9.95. The van der Waals surface area contributed by atoms with Gasteiger partial charge in [-0.25, -0.2) is 0 Å². The van der Waals surface area contributed by atoms with Gasteiger partial charge in [0.05, 0.1) is 28.7 Å². The second-order valence-electron chi connectivity index (χ2n) is 4.43. The Morgan fingerprint density at radius 1 is 1.36 bits per heavy atom. The van der Waals surface area contributed by atoms with Gasteiger partial charge in [0, 0.05) is 17.7 Å². The number of aromatic nitrogens is 1. The first-order chi connectivity index (χ1) is 10.6. The standard InChI is InChI=1S/C15H13Cl2N3O2/c1-21-8-22-14-3-2-9(16)4-11(14)12(6-18)15-13(17)5-10(19)7-20-15/h2-5,7,12H,8,19H2,1H3. The Morgan fingerprint density at radius 2 is 2.14 bits per heavy atom. The summed E-state index contributed by atoms with van der Waals surface area (Å²) in [5, 5.41) is 10.3. The van der Waals surface area contributed by atoms with Crippen LogP contribution in [-0.2, 0) is 4.74 Å². The van der Waals surface area contributed by atoms with Crippen LogP contribution in [0.5, 0.6) is 5.75 Å². The molecule has 114 valence electrons. The number of halogens is 2. The molecule has 0 aliphatic carbocycles. The maximum absolute atomic E-state index is 9.56. The van der Waals surface area contributed by atoms with Crippen LogP contribution in [0.25, 0.3) is 0 Å². The zero-order valence-corrected chi connectivity index (χ0v) is 13.2. The number of anilines is 1. The van der Waals surface area contributed by atoms with Crippen molar-refractivity contribution in [1.82, 2.24) is 4.98 Å². The van der Waals surface area contributed by atoms with Crippen molar-refractivity contribution >= 4 is 28.9 Å². The van der Waals surface area contributed by atoms with Crippen LogP contribution in [0.4, 0.5) is 5.69 Å². The van der Waals surface area contributed by atoms with E-state index in [0.717, 1.165) is 0 Å². The van der Waals surface area contributed by atoms with Crippen molar-refractivity contribution < 1.29 is 9.47 Å². The Labute approximate surface area is 138 Å². The quantitative estimate of drug-likeness (QED) is 0.842. The van der Waals surface area contributed by atoms with E-state index in [4.69, 9.17) is 38.4 Å². The van der Waals surface area contributed by atoms with Crippen molar-refractivity contribution in [3.63, 3.8) is 0 Å². The van der Waals surface area contributed by atoms with E-state index in [9.17, 15) is 5.26 Å². The molecule has 2 aromatic rings. The lowest BCUT2D eigenvalue weighted by Gasteiger charge is -2.16. The molecule has 0 aliphatic heterocycles. The zero-order valence-electron chi connectivity index (χ0n) is 11.7. The average molecular weight is 338 g/mol. The predicted octanol–water partition coefficient (Wildman–Crippen LogP) is 3.61. The van der Waals surface area contributed by atoms with Gasteiger partial charge in [0.1, 0.15) is 11.7 Å². The second-order valence-corrected chi connectivity index (χ2v) is 5.27. The number of nitrogens with zero attached hydrogens (tertiary/aromatic N) is 2. The third-order valence-corrected chi connectivity index (χ3v) is 3.45. The lowest BCUT2D eigenvalue weighted by Crippen LogP contribution is -2.07. The molecule has 0 bridgehead atoms. The van der Waals surface area contributed by atoms with E-state index in [2.05, 4.69) is 11.1 Å². The number of nitrogens with two attached hydrogens (primary N) is 1. The van der Waals surface area contributed by atoms with Crippen LogP contribution in [-0.4, -0.2) is 18.9 Å². The molecule has 0 saturated heterocycles. The van der Waals surface area contributed by atoms with Gasteiger partial charge in [-0.1, -0.05) is 23.2 Å². The molecule has 1 aromatic carbocycles. The van der Waals surface area contributed by atoms with Gasteiger partial charge in [0.2, 0.25) is 0 Å². The van der Waals surface area contributed by atoms with Crippen molar-refractivity contribution in [3.05, 3.63) is 51.8 Å². The number of methoxy groups -OCH3 is 1. The van der Waals surface area contributed by atoms with Gasteiger partial charge in [-0.3, -0.25) is 4.98 Å². The fourth-order valence-corrected chi connectivity index (χ4v) is 2.42. The average Bonchev–Trinajstić information content (AvgIpc) is 2.49. The molecule has 2 rings (SSSR count). The maximum atomic E-state index is 9.56. The fourth-order valence-electron chi connectivity index (χ4n) is 1.95. The third-order valence-electron chi connectivity index (χ3n) is 2.91. The SMILES string of the molecule is COCOc1ccc(Cl)cc1C(C#N)c1ncc(N)cc1Cl. The summed E-state index contributed by atoms with van der Waals surface area (Å²) in [5.41, 5.74) is 7.01. The summed E-state index contributed by atoms with van der Waals surface area (Å²) in [6.07, 6.45) is 1.45. The van der Waals surface area contributed by atoms with E-state index in [1.165, 1.54) is 13.3 Å². The Bertz CT molecular complexity index is 716. The number of hydrogen-bond donors (Lipinski definition) is 1. The summed E-state index contributed by atoms with van der Waals surface area (Å²) in [7, 11) is 1.51. The maximum Gasteiger partial charge on any atom is 0.188 e. The molecule has 2 N–H and O–H groups in total. The smallest absolute Gasteiger partial charge is 0.188 e. The number of benzene rings is 1. The molecular weight excluding hydrogens is 325 g/mol. The van der Waals surface area contributed by atoms with Crippen molar-refractivity contribution in [2.75, 3.05) is 19.6 Å². The van der Waals surface area contributed by atoms with Crippen molar-refractivity contribution in [3.8, 4) is 11.8 Å². The normalized spacial score (nSPS) is 11.7. The molecule has 1 aromatic heterocycles. The number of hydrogen-bond acceptors (Lipinski definition) is 5. The highest BCUT2D eigenvalue weighted by molar-refractivity contribution is 6.31. The van der Waals surface area contributed by atoms with Crippen LogP contribution in [0.2, 0.25) is 10.0 Å². The molecule has 5 nitrogen and oxygen atoms in total. The number of nitriles is 1. The largest absolute Gasteiger partial charge is 0.467 e. The summed E-state index contributed by atoms with van der Waals surface area (Å²) in [6.45, 7) is 0.0513. The summed E-state index contributed by atoms with van der Waals surface area (Å²) in [4.78, 5) is 4.17. The Kier molecular flexibility index (Phi) is 5.45. The van der Waals surface area contributed by atoms with E-state index in [0.29, 0.717) is 32.7 Å². The predicted molar refractivity (Wildman–Crippen MR) is 85.1 cm³/mol. The highest BCUT2D eigenvalue weighted by atomic mass is 35.5. The van der Waals surface area contributed by atoms with E-state index < -0.39 is 5.92 Å². The number of nitrogen functional groups attached to an aromatic ring is 1. The van der Waals surface area contributed by atoms with Gasteiger partial charge in [0.15, 0.2) is 6.79 Å². The van der Waals surface area contributed by atoms with Crippen molar-refractivity contribution in [2.24, 2.45) is 0 Å². The Balaban J connectivity index is 2.51. The second kappa shape index (κ2) is 7.32. The first-order valence-corrected chi connectivity index (χ1v) is 7.04. The third kappa shape index (κ3) is 3.60. The molecule has 0 saturated carbocycles. The van der Waals surface area contributed by atoms with Crippen LogP contribution < -0.4 is 10.5 Å². The highest BCUT2D eigenvalue weighted by Gasteiger charge is 2.22. The summed E-state index contributed by atoms with van der Waals surface area (Å²) >= 11 is 12.2. The van der Waals surface area contributed by atoms with E-state index in [1.807, 2.05) is 0 Å². The van der Waals surface area contributed by atoms with Crippen LogP contribution in [0, 0.1) is 11.3 Å². The van der Waals surface area contributed by atoms with E-state index in [-0.39, 0.29) is 6.79 Å². The molecule has 0 radical (unpaired) electrons. The zero-order chi connectivity index (χ0) is 16.1. The first kappa shape index (κ1) is 16.4. The minimum Gasteiger partial charge on any atom is -0.467 e. The fraction of sp³-hybridized carbons (Fsp3) is 0.200. The van der Waals surface area contributed by atoms with Crippen LogP contribution in [0.3, 0.4) is 0 Å². The lowest BCUT2D eigenvalue weighted by molar-refractivity contribution is 0.0504. The van der Waals surface area contributed by atoms with Gasteiger partial charge in [-0.15, -0.1) is 0 Å². The van der Waals surface area contributed by atoms with Gasteiger partial charge < -0.3 is 15.2 Å². The molecule has 0 amide bonds. The number of rotatable bonds is 5. The van der Waals surface area contributed by atoms with E-state index in [1.54, 1.807) is 24.3 Å². The van der Waals surface area contributed by atoms with Gasteiger partial charge >= 0.3 is 0 Å². The van der Waals surface area contributed by atoms with Crippen molar-refractivity contribution in [2.45, 2.75) is 5.92 Å². The number of pyridine rings is 1. The van der Waals surface area contributed by atoms with E-state index >= 15 is 0 Å².